The predicted molar refractivity (Wildman–Crippen MR) is 101 cm³/mol. The van der Waals surface area contributed by atoms with E-state index in [0.29, 0.717) is 57.9 Å². The fourth-order valence-electron chi connectivity index (χ4n) is 3.77. The molecule has 0 bridgehead atoms. The van der Waals surface area contributed by atoms with Gasteiger partial charge in [0.25, 0.3) is 0 Å². The first kappa shape index (κ1) is 20.1. The first-order valence-corrected chi connectivity index (χ1v) is 9.56. The Bertz CT molecular complexity index is 618. The van der Waals surface area contributed by atoms with Gasteiger partial charge in [-0.3, -0.25) is 9.69 Å². The van der Waals surface area contributed by atoms with Crippen LogP contribution in [0.5, 0.6) is 5.75 Å². The highest BCUT2D eigenvalue weighted by Gasteiger charge is 2.39. The van der Waals surface area contributed by atoms with Crippen LogP contribution in [0.4, 0.5) is 0 Å². The van der Waals surface area contributed by atoms with Crippen molar-refractivity contribution in [3.05, 3.63) is 30.3 Å². The number of ether oxygens (including phenoxy) is 2. The van der Waals surface area contributed by atoms with Crippen LogP contribution in [0, 0.1) is 0 Å². The van der Waals surface area contributed by atoms with Crippen LogP contribution in [0.1, 0.15) is 19.8 Å². The van der Waals surface area contributed by atoms with Gasteiger partial charge in [-0.15, -0.1) is 0 Å². The number of hydrogen-bond acceptors (Lipinski definition) is 6. The lowest BCUT2D eigenvalue weighted by atomic mass is 9.90. The number of hydrogen-bond donors (Lipinski definition) is 2. The van der Waals surface area contributed by atoms with Gasteiger partial charge in [0.05, 0.1) is 18.8 Å². The van der Waals surface area contributed by atoms with Gasteiger partial charge in [0.1, 0.15) is 18.0 Å². The Balaban J connectivity index is 1.56. The fraction of sp³-hybridized carbons (Fsp3) is 0.650. The zero-order valence-electron chi connectivity index (χ0n) is 16.0. The van der Waals surface area contributed by atoms with E-state index in [2.05, 4.69) is 0 Å². The summed E-state index contributed by atoms with van der Waals surface area (Å²) in [4.78, 5) is 15.3. The highest BCUT2D eigenvalue weighted by atomic mass is 16.5. The Morgan fingerprint density at radius 2 is 1.85 bits per heavy atom. The summed E-state index contributed by atoms with van der Waals surface area (Å²) < 4.78 is 11.3. The average Bonchev–Trinajstić information content (AvgIpc) is 2.82. The Kier molecular flexibility index (Phi) is 6.37. The maximum atomic E-state index is 11.5. The number of benzene rings is 1. The number of rotatable bonds is 5. The van der Waals surface area contributed by atoms with Gasteiger partial charge in [-0.1, -0.05) is 18.2 Å². The maximum Gasteiger partial charge on any atom is 0.219 e. The van der Waals surface area contributed by atoms with Crippen molar-refractivity contribution in [2.24, 2.45) is 0 Å². The van der Waals surface area contributed by atoms with E-state index < -0.39 is 11.2 Å². The number of nitrogens with zero attached hydrogens (tertiary/aromatic N) is 2. The molecule has 3 rings (SSSR count). The first-order chi connectivity index (χ1) is 12.9. The van der Waals surface area contributed by atoms with Crippen molar-refractivity contribution < 1.29 is 24.5 Å². The van der Waals surface area contributed by atoms with Crippen molar-refractivity contribution in [3.8, 4) is 5.75 Å². The summed E-state index contributed by atoms with van der Waals surface area (Å²) in [6, 6.07) is 9.39. The quantitative estimate of drug-likeness (QED) is 0.777. The van der Waals surface area contributed by atoms with Crippen LogP contribution in [0.2, 0.25) is 0 Å². The summed E-state index contributed by atoms with van der Waals surface area (Å²) in [5.41, 5.74) is -1.99. The summed E-state index contributed by atoms with van der Waals surface area (Å²) in [7, 11) is 0. The number of para-hydroxylation sites is 1. The molecule has 1 atom stereocenters. The number of carbonyl (C=O) groups is 1. The van der Waals surface area contributed by atoms with Crippen molar-refractivity contribution in [2.75, 3.05) is 52.5 Å². The van der Waals surface area contributed by atoms with Crippen LogP contribution < -0.4 is 4.74 Å². The van der Waals surface area contributed by atoms with E-state index in [1.165, 1.54) is 0 Å². The van der Waals surface area contributed by atoms with E-state index in [4.69, 9.17) is 9.47 Å². The number of amides is 1. The highest BCUT2D eigenvalue weighted by Crippen LogP contribution is 2.25. The third-order valence-corrected chi connectivity index (χ3v) is 5.35. The minimum absolute atomic E-state index is 0.0488. The second kappa shape index (κ2) is 8.56. The monoisotopic (exact) mass is 378 g/mol. The molecule has 0 saturated carbocycles. The van der Waals surface area contributed by atoms with Crippen LogP contribution >= 0.6 is 0 Å². The molecule has 2 aliphatic heterocycles. The summed E-state index contributed by atoms with van der Waals surface area (Å²) >= 11 is 0. The molecule has 1 aromatic rings. The number of β-amino-alcohol motifs (C(OH)–C–C–N with tert-alkyl or cyclic N) is 2. The molecule has 0 aromatic heterocycles. The van der Waals surface area contributed by atoms with E-state index >= 15 is 0 Å². The Morgan fingerprint density at radius 1 is 1.15 bits per heavy atom. The van der Waals surface area contributed by atoms with E-state index in [1.807, 2.05) is 35.2 Å². The number of aliphatic hydroxyl groups is 2. The second-order valence-corrected chi connectivity index (χ2v) is 7.82. The predicted octanol–water partition coefficient (Wildman–Crippen LogP) is 0.502. The topological polar surface area (TPSA) is 82.5 Å². The Hall–Kier alpha value is -1.67. The van der Waals surface area contributed by atoms with Gasteiger partial charge < -0.3 is 24.6 Å². The molecule has 0 aliphatic carbocycles. The van der Waals surface area contributed by atoms with Gasteiger partial charge in [0.2, 0.25) is 5.91 Å². The minimum atomic E-state index is -1.14. The molecule has 2 fully saturated rings. The minimum Gasteiger partial charge on any atom is -0.490 e. The van der Waals surface area contributed by atoms with Crippen molar-refractivity contribution in [3.63, 3.8) is 0 Å². The molecule has 1 amide bonds. The Labute approximate surface area is 160 Å². The SMILES string of the molecule is CC(=O)N1CCC(O)(CN2CCOCC(O)(COc3ccccc3)C2)CC1. The van der Waals surface area contributed by atoms with Crippen molar-refractivity contribution >= 4 is 5.91 Å². The summed E-state index contributed by atoms with van der Waals surface area (Å²) in [6.07, 6.45) is 1.09. The van der Waals surface area contributed by atoms with E-state index in [9.17, 15) is 15.0 Å². The molecule has 1 unspecified atom stereocenters. The largest absolute Gasteiger partial charge is 0.490 e. The summed E-state index contributed by atoms with van der Waals surface area (Å²) in [6.45, 7) is 5.00. The summed E-state index contributed by atoms with van der Waals surface area (Å²) in [5, 5.41) is 21.9. The zero-order valence-corrected chi connectivity index (χ0v) is 16.0. The lowest BCUT2D eigenvalue weighted by molar-refractivity contribution is -0.134. The normalized spacial score (nSPS) is 26.4. The van der Waals surface area contributed by atoms with Crippen molar-refractivity contribution in [1.29, 1.82) is 0 Å². The Morgan fingerprint density at radius 3 is 2.52 bits per heavy atom. The molecule has 2 aliphatic rings. The molecule has 0 spiro atoms. The summed E-state index contributed by atoms with van der Waals surface area (Å²) in [5.74, 6) is 0.754. The molecular weight excluding hydrogens is 348 g/mol. The molecule has 150 valence electrons. The maximum absolute atomic E-state index is 11.5. The zero-order chi connectivity index (χ0) is 19.3. The van der Waals surface area contributed by atoms with Crippen molar-refractivity contribution in [1.82, 2.24) is 9.80 Å². The van der Waals surface area contributed by atoms with Gasteiger partial charge in [-0.25, -0.2) is 0 Å². The molecule has 2 heterocycles. The van der Waals surface area contributed by atoms with Crippen LogP contribution in [-0.4, -0.2) is 89.7 Å². The van der Waals surface area contributed by atoms with Crippen LogP contribution in [0.3, 0.4) is 0 Å². The molecule has 1 aromatic carbocycles. The van der Waals surface area contributed by atoms with Crippen LogP contribution in [0.15, 0.2) is 30.3 Å². The average molecular weight is 378 g/mol. The van der Waals surface area contributed by atoms with Gasteiger partial charge in [0, 0.05) is 39.6 Å². The van der Waals surface area contributed by atoms with E-state index in [0.717, 1.165) is 0 Å². The van der Waals surface area contributed by atoms with E-state index in [1.54, 1.807) is 11.8 Å². The lowest BCUT2D eigenvalue weighted by Gasteiger charge is -2.41. The number of likely N-dealkylation sites (tertiary alicyclic amines) is 1. The molecule has 2 N–H and O–H groups in total. The van der Waals surface area contributed by atoms with Crippen LogP contribution in [-0.2, 0) is 9.53 Å². The fourth-order valence-corrected chi connectivity index (χ4v) is 3.77. The van der Waals surface area contributed by atoms with Crippen molar-refractivity contribution in [2.45, 2.75) is 31.0 Å². The smallest absolute Gasteiger partial charge is 0.219 e. The van der Waals surface area contributed by atoms with E-state index in [-0.39, 0.29) is 19.1 Å². The molecule has 2 saturated heterocycles. The second-order valence-electron chi connectivity index (χ2n) is 7.82. The molecule has 7 heteroatoms. The third kappa shape index (κ3) is 5.65. The molecule has 0 radical (unpaired) electrons. The molecule has 7 nitrogen and oxygen atoms in total. The lowest BCUT2D eigenvalue weighted by Crippen LogP contribution is -2.55. The standard InChI is InChI=1S/C20H30N2O5/c1-17(23)22-9-7-19(24,8-10-22)13-21-11-12-26-15-20(25,14-21)16-27-18-5-3-2-4-6-18/h2-6,24-25H,7-16H2,1H3. The van der Waals surface area contributed by atoms with Gasteiger partial charge >= 0.3 is 0 Å². The number of piperidine rings is 1. The third-order valence-electron chi connectivity index (χ3n) is 5.35. The number of carbonyl (C=O) groups excluding carboxylic acids is 1. The molecule has 27 heavy (non-hydrogen) atoms. The first-order valence-electron chi connectivity index (χ1n) is 9.56. The van der Waals surface area contributed by atoms with Gasteiger partial charge in [-0.05, 0) is 25.0 Å². The van der Waals surface area contributed by atoms with Crippen LogP contribution in [0.25, 0.3) is 0 Å². The van der Waals surface area contributed by atoms with Gasteiger partial charge in [-0.2, -0.15) is 0 Å². The highest BCUT2D eigenvalue weighted by molar-refractivity contribution is 5.73. The molecular formula is C20H30N2O5. The van der Waals surface area contributed by atoms with Gasteiger partial charge in [0.15, 0.2) is 0 Å².